The predicted octanol–water partition coefficient (Wildman–Crippen LogP) is 3.85. The first-order chi connectivity index (χ1) is 11.0. The lowest BCUT2D eigenvalue weighted by molar-refractivity contribution is 0.103. The zero-order valence-electron chi connectivity index (χ0n) is 12.3. The second-order valence-corrected chi connectivity index (χ2v) is 5.69. The number of hydrogen-bond donors (Lipinski definition) is 3. The van der Waals surface area contributed by atoms with E-state index in [0.29, 0.717) is 27.2 Å². The highest BCUT2D eigenvalue weighted by Gasteiger charge is 2.20. The molecule has 116 valence electrons. The van der Waals surface area contributed by atoms with Gasteiger partial charge in [0.1, 0.15) is 5.69 Å². The number of anilines is 1. The van der Waals surface area contributed by atoms with E-state index < -0.39 is 6.03 Å². The van der Waals surface area contributed by atoms with Crippen LogP contribution < -0.4 is 11.1 Å². The summed E-state index contributed by atoms with van der Waals surface area (Å²) in [5.74, 6) is -0.232. The van der Waals surface area contributed by atoms with Gasteiger partial charge in [0.05, 0.1) is 5.69 Å². The summed E-state index contributed by atoms with van der Waals surface area (Å²) in [6.45, 7) is 1.91. The molecular weight excluding hydrogens is 314 g/mol. The topological polar surface area (TPSA) is 88.0 Å². The second kappa shape index (κ2) is 5.78. The van der Waals surface area contributed by atoms with Crippen molar-refractivity contribution >= 4 is 40.0 Å². The van der Waals surface area contributed by atoms with Crippen LogP contribution in [-0.4, -0.2) is 16.8 Å². The van der Waals surface area contributed by atoms with Gasteiger partial charge in [0.2, 0.25) is 5.78 Å². The van der Waals surface area contributed by atoms with E-state index in [1.807, 2.05) is 19.1 Å². The first-order valence-corrected chi connectivity index (χ1v) is 7.32. The molecule has 0 fully saturated rings. The van der Waals surface area contributed by atoms with E-state index >= 15 is 0 Å². The van der Waals surface area contributed by atoms with E-state index in [0.717, 1.165) is 5.56 Å². The van der Waals surface area contributed by atoms with E-state index in [4.69, 9.17) is 17.3 Å². The van der Waals surface area contributed by atoms with Gasteiger partial charge in [0, 0.05) is 21.5 Å². The average Bonchev–Trinajstić information content (AvgIpc) is 2.83. The molecule has 1 aromatic heterocycles. The maximum Gasteiger partial charge on any atom is 0.316 e. The Kier molecular flexibility index (Phi) is 3.80. The summed E-state index contributed by atoms with van der Waals surface area (Å²) in [6, 6.07) is 11.6. The van der Waals surface area contributed by atoms with E-state index in [1.54, 1.807) is 30.3 Å². The number of halogens is 1. The Bertz CT molecular complexity index is 931. The first kappa shape index (κ1) is 15.1. The van der Waals surface area contributed by atoms with Crippen LogP contribution in [0.25, 0.3) is 10.9 Å². The molecule has 5 nitrogen and oxygen atoms in total. The number of rotatable bonds is 3. The van der Waals surface area contributed by atoms with Crippen molar-refractivity contribution in [2.75, 3.05) is 5.32 Å². The minimum Gasteiger partial charge on any atom is -0.351 e. The number of urea groups is 1. The van der Waals surface area contributed by atoms with Gasteiger partial charge in [-0.1, -0.05) is 35.4 Å². The number of nitrogens with one attached hydrogen (secondary N) is 2. The molecule has 2 aromatic carbocycles. The molecule has 23 heavy (non-hydrogen) atoms. The Balaban J connectivity index is 2.19. The molecule has 0 aliphatic rings. The van der Waals surface area contributed by atoms with Crippen LogP contribution in [0.2, 0.25) is 5.02 Å². The van der Waals surface area contributed by atoms with Gasteiger partial charge in [-0.3, -0.25) is 4.79 Å². The van der Waals surface area contributed by atoms with Crippen molar-refractivity contribution in [1.29, 1.82) is 0 Å². The summed E-state index contributed by atoms with van der Waals surface area (Å²) in [5, 5.41) is 3.72. The third-order valence-electron chi connectivity index (χ3n) is 3.52. The smallest absolute Gasteiger partial charge is 0.316 e. The normalized spacial score (nSPS) is 10.7. The molecular formula is C17H14ClN3O2. The molecule has 0 spiro atoms. The van der Waals surface area contributed by atoms with Gasteiger partial charge in [-0.25, -0.2) is 4.79 Å². The molecule has 0 bridgehead atoms. The van der Waals surface area contributed by atoms with Gasteiger partial charge < -0.3 is 16.0 Å². The highest BCUT2D eigenvalue weighted by molar-refractivity contribution is 6.31. The number of aryl methyl sites for hydroxylation is 1. The van der Waals surface area contributed by atoms with Crippen molar-refractivity contribution in [3.05, 3.63) is 64.3 Å². The molecule has 3 rings (SSSR count). The molecule has 4 N–H and O–H groups in total. The fourth-order valence-electron chi connectivity index (χ4n) is 2.52. The predicted molar refractivity (Wildman–Crippen MR) is 91.1 cm³/mol. The van der Waals surface area contributed by atoms with Crippen LogP contribution in [0.15, 0.2) is 42.5 Å². The summed E-state index contributed by atoms with van der Waals surface area (Å²) < 4.78 is 0. The summed E-state index contributed by atoms with van der Waals surface area (Å²) in [7, 11) is 0. The summed E-state index contributed by atoms with van der Waals surface area (Å²) in [6.07, 6.45) is 0. The summed E-state index contributed by atoms with van der Waals surface area (Å²) >= 11 is 5.99. The van der Waals surface area contributed by atoms with Crippen LogP contribution in [0.1, 0.15) is 21.6 Å². The fourth-order valence-corrected chi connectivity index (χ4v) is 2.70. The van der Waals surface area contributed by atoms with E-state index in [2.05, 4.69) is 10.3 Å². The third-order valence-corrected chi connectivity index (χ3v) is 3.75. The molecule has 0 saturated heterocycles. The maximum atomic E-state index is 12.8. The number of hydrogen-bond acceptors (Lipinski definition) is 2. The number of primary amides is 1. The standard InChI is InChI=1S/C17H14ClN3O2/c1-9-3-2-4-10(7-9)16(22)15-14(21-17(19)23)12-6-5-11(18)8-13(12)20-15/h2-8,20H,1H3,(H3,19,21,23). The lowest BCUT2D eigenvalue weighted by atomic mass is 10.0. The lowest BCUT2D eigenvalue weighted by Crippen LogP contribution is -2.20. The van der Waals surface area contributed by atoms with Crippen LogP contribution in [0.4, 0.5) is 10.5 Å². The van der Waals surface area contributed by atoms with E-state index in [1.165, 1.54) is 0 Å². The molecule has 0 radical (unpaired) electrons. The van der Waals surface area contributed by atoms with E-state index in [9.17, 15) is 9.59 Å². The monoisotopic (exact) mass is 327 g/mol. The van der Waals surface area contributed by atoms with Gasteiger partial charge in [-0.15, -0.1) is 0 Å². The minimum absolute atomic E-state index is 0.232. The Morgan fingerprint density at radius 1 is 1.17 bits per heavy atom. The van der Waals surface area contributed by atoms with Crippen molar-refractivity contribution in [1.82, 2.24) is 4.98 Å². The zero-order valence-corrected chi connectivity index (χ0v) is 13.1. The molecule has 0 unspecified atom stereocenters. The second-order valence-electron chi connectivity index (χ2n) is 5.25. The maximum absolute atomic E-state index is 12.8. The Morgan fingerprint density at radius 3 is 2.65 bits per heavy atom. The average molecular weight is 328 g/mol. The van der Waals surface area contributed by atoms with Crippen LogP contribution in [0.3, 0.4) is 0 Å². The number of ketones is 1. The van der Waals surface area contributed by atoms with Crippen molar-refractivity contribution in [2.24, 2.45) is 5.73 Å². The van der Waals surface area contributed by atoms with Crippen LogP contribution in [0.5, 0.6) is 0 Å². The molecule has 0 saturated carbocycles. The first-order valence-electron chi connectivity index (χ1n) is 6.95. The molecule has 2 amide bonds. The number of carbonyl (C=O) groups is 2. The van der Waals surface area contributed by atoms with Gasteiger partial charge in [-0.2, -0.15) is 0 Å². The molecule has 6 heteroatoms. The van der Waals surface area contributed by atoms with Gasteiger partial charge in [-0.05, 0) is 31.2 Å². The molecule has 0 aliphatic carbocycles. The SMILES string of the molecule is Cc1cccc(C(=O)c2[nH]c3cc(Cl)ccc3c2NC(N)=O)c1. The number of H-pyrrole nitrogens is 1. The van der Waals surface area contributed by atoms with Crippen molar-refractivity contribution < 1.29 is 9.59 Å². The Labute approximate surface area is 137 Å². The number of carbonyl (C=O) groups excluding carboxylic acids is 2. The van der Waals surface area contributed by atoms with Crippen LogP contribution >= 0.6 is 11.6 Å². The van der Waals surface area contributed by atoms with Crippen molar-refractivity contribution in [3.63, 3.8) is 0 Å². The zero-order chi connectivity index (χ0) is 16.6. The van der Waals surface area contributed by atoms with Gasteiger partial charge in [0.15, 0.2) is 0 Å². The quantitative estimate of drug-likeness (QED) is 0.638. The number of nitrogens with two attached hydrogens (primary N) is 1. The fraction of sp³-hybridized carbons (Fsp3) is 0.0588. The minimum atomic E-state index is -0.737. The molecule has 0 aliphatic heterocycles. The Morgan fingerprint density at radius 2 is 1.96 bits per heavy atom. The number of aromatic nitrogens is 1. The van der Waals surface area contributed by atoms with Gasteiger partial charge >= 0.3 is 6.03 Å². The number of fused-ring (bicyclic) bond motifs is 1. The number of aromatic amines is 1. The molecule has 0 atom stereocenters. The summed E-state index contributed by atoms with van der Waals surface area (Å²) in [5.41, 5.74) is 8.01. The highest BCUT2D eigenvalue weighted by Crippen LogP contribution is 2.31. The molecule has 3 aromatic rings. The van der Waals surface area contributed by atoms with Crippen LogP contribution in [-0.2, 0) is 0 Å². The molecule has 1 heterocycles. The largest absolute Gasteiger partial charge is 0.351 e. The van der Waals surface area contributed by atoms with Crippen LogP contribution in [0, 0.1) is 6.92 Å². The Hall–Kier alpha value is -2.79. The third kappa shape index (κ3) is 2.91. The highest BCUT2D eigenvalue weighted by atomic mass is 35.5. The van der Waals surface area contributed by atoms with E-state index in [-0.39, 0.29) is 11.5 Å². The van der Waals surface area contributed by atoms with Crippen molar-refractivity contribution in [3.8, 4) is 0 Å². The summed E-state index contributed by atoms with van der Waals surface area (Å²) in [4.78, 5) is 27.1. The van der Waals surface area contributed by atoms with Gasteiger partial charge in [0.25, 0.3) is 0 Å². The number of benzene rings is 2. The number of amides is 2. The van der Waals surface area contributed by atoms with Crippen molar-refractivity contribution in [2.45, 2.75) is 6.92 Å². The lowest BCUT2D eigenvalue weighted by Gasteiger charge is -2.05.